The molecule has 0 amide bonds. The molecule has 0 aromatic carbocycles. The summed E-state index contributed by atoms with van der Waals surface area (Å²) in [5.74, 6) is 1.02. The fourth-order valence-electron chi connectivity index (χ4n) is 2.42. The average molecular weight is 225 g/mol. The van der Waals surface area contributed by atoms with Crippen molar-refractivity contribution in [3.8, 4) is 5.75 Å². The molecule has 0 unspecified atom stereocenters. The standard InChI is InChI=1S/C12H19NOS/c1-14-11-8-9-13(12(11)15-2)10-6-4-3-5-7-10/h8-10H,3-7H2,1-2H3. The third-order valence-electron chi connectivity index (χ3n) is 3.21. The van der Waals surface area contributed by atoms with Crippen molar-refractivity contribution in [2.24, 2.45) is 0 Å². The maximum absolute atomic E-state index is 5.37. The van der Waals surface area contributed by atoms with E-state index in [2.05, 4.69) is 23.1 Å². The molecule has 0 radical (unpaired) electrons. The summed E-state index contributed by atoms with van der Waals surface area (Å²) in [5.41, 5.74) is 0. The molecule has 0 atom stereocenters. The molecule has 1 aromatic rings. The molecule has 1 aromatic heterocycles. The van der Waals surface area contributed by atoms with Crippen molar-refractivity contribution in [2.75, 3.05) is 13.4 Å². The average Bonchev–Trinajstić information content (AvgIpc) is 2.72. The minimum Gasteiger partial charge on any atom is -0.494 e. The lowest BCUT2D eigenvalue weighted by Crippen LogP contribution is -2.12. The Morgan fingerprint density at radius 2 is 2.07 bits per heavy atom. The van der Waals surface area contributed by atoms with E-state index in [0.717, 1.165) is 5.75 Å². The second kappa shape index (κ2) is 4.97. The van der Waals surface area contributed by atoms with Crippen molar-refractivity contribution in [3.63, 3.8) is 0 Å². The van der Waals surface area contributed by atoms with Gasteiger partial charge < -0.3 is 9.30 Å². The van der Waals surface area contributed by atoms with Crippen LogP contribution in [0.3, 0.4) is 0 Å². The minimum atomic E-state index is 0.699. The lowest BCUT2D eigenvalue weighted by Gasteiger charge is -2.25. The third kappa shape index (κ3) is 2.17. The van der Waals surface area contributed by atoms with Crippen LogP contribution in [-0.4, -0.2) is 17.9 Å². The van der Waals surface area contributed by atoms with E-state index >= 15 is 0 Å². The number of thioether (sulfide) groups is 1. The molecule has 1 heterocycles. The molecule has 1 aliphatic rings. The SMILES string of the molecule is COc1ccn(C2CCCCC2)c1SC. The van der Waals surface area contributed by atoms with Gasteiger partial charge in [0, 0.05) is 12.2 Å². The number of nitrogens with zero attached hydrogens (tertiary/aromatic N) is 1. The molecule has 15 heavy (non-hydrogen) atoms. The first kappa shape index (κ1) is 10.9. The van der Waals surface area contributed by atoms with Crippen LogP contribution >= 0.6 is 11.8 Å². The highest BCUT2D eigenvalue weighted by molar-refractivity contribution is 7.98. The Morgan fingerprint density at radius 1 is 1.33 bits per heavy atom. The predicted molar refractivity (Wildman–Crippen MR) is 64.9 cm³/mol. The van der Waals surface area contributed by atoms with Crippen LogP contribution in [0.4, 0.5) is 0 Å². The zero-order valence-corrected chi connectivity index (χ0v) is 10.3. The Morgan fingerprint density at radius 3 is 2.67 bits per heavy atom. The van der Waals surface area contributed by atoms with Crippen LogP contribution in [0.1, 0.15) is 38.1 Å². The Labute approximate surface area is 96.0 Å². The fraction of sp³-hybridized carbons (Fsp3) is 0.667. The second-order valence-corrected chi connectivity index (χ2v) is 4.89. The molecule has 2 rings (SSSR count). The maximum atomic E-state index is 5.37. The Hall–Kier alpha value is -0.570. The van der Waals surface area contributed by atoms with Gasteiger partial charge in [0.15, 0.2) is 5.75 Å². The van der Waals surface area contributed by atoms with Crippen LogP contribution in [-0.2, 0) is 0 Å². The second-order valence-electron chi connectivity index (χ2n) is 4.09. The van der Waals surface area contributed by atoms with E-state index in [9.17, 15) is 0 Å². The van der Waals surface area contributed by atoms with Crippen molar-refractivity contribution in [2.45, 2.75) is 43.2 Å². The number of ether oxygens (including phenoxy) is 1. The molecule has 0 spiro atoms. The molecule has 2 nitrogen and oxygen atoms in total. The highest BCUT2D eigenvalue weighted by Gasteiger charge is 2.19. The molecule has 0 saturated heterocycles. The first-order valence-corrected chi connectivity index (χ1v) is 6.88. The van der Waals surface area contributed by atoms with Gasteiger partial charge in [0.05, 0.1) is 7.11 Å². The normalized spacial score (nSPS) is 18.0. The number of methoxy groups -OCH3 is 1. The number of hydrogen-bond acceptors (Lipinski definition) is 2. The predicted octanol–water partition coefficient (Wildman–Crippen LogP) is 3.72. The lowest BCUT2D eigenvalue weighted by atomic mass is 9.95. The van der Waals surface area contributed by atoms with Crippen LogP contribution in [0.15, 0.2) is 17.3 Å². The molecule has 0 N–H and O–H groups in total. The van der Waals surface area contributed by atoms with E-state index in [1.165, 1.54) is 37.1 Å². The quantitative estimate of drug-likeness (QED) is 0.728. The first-order chi connectivity index (χ1) is 7.36. The van der Waals surface area contributed by atoms with Gasteiger partial charge in [-0.2, -0.15) is 0 Å². The van der Waals surface area contributed by atoms with E-state index in [0.29, 0.717) is 6.04 Å². The van der Waals surface area contributed by atoms with Gasteiger partial charge in [-0.3, -0.25) is 0 Å². The van der Waals surface area contributed by atoms with Gasteiger partial charge in [-0.1, -0.05) is 19.3 Å². The summed E-state index contributed by atoms with van der Waals surface area (Å²) in [6.07, 6.45) is 11.1. The molecule has 0 aliphatic heterocycles. The summed E-state index contributed by atoms with van der Waals surface area (Å²) >= 11 is 1.78. The highest BCUT2D eigenvalue weighted by Crippen LogP contribution is 2.36. The smallest absolute Gasteiger partial charge is 0.150 e. The molecule has 1 fully saturated rings. The van der Waals surface area contributed by atoms with Gasteiger partial charge in [0.25, 0.3) is 0 Å². The molecule has 3 heteroatoms. The van der Waals surface area contributed by atoms with E-state index in [4.69, 9.17) is 4.74 Å². The van der Waals surface area contributed by atoms with Gasteiger partial charge in [0.1, 0.15) is 5.03 Å². The van der Waals surface area contributed by atoms with Gasteiger partial charge in [-0.15, -0.1) is 11.8 Å². The van der Waals surface area contributed by atoms with Crippen LogP contribution < -0.4 is 4.74 Å². The van der Waals surface area contributed by atoms with E-state index in [1.807, 2.05) is 0 Å². The summed E-state index contributed by atoms with van der Waals surface area (Å²) in [4.78, 5) is 0. The molecule has 1 saturated carbocycles. The molecular weight excluding hydrogens is 206 g/mol. The summed E-state index contributed by atoms with van der Waals surface area (Å²) < 4.78 is 7.77. The zero-order valence-electron chi connectivity index (χ0n) is 9.53. The lowest BCUT2D eigenvalue weighted by molar-refractivity contribution is 0.330. The maximum Gasteiger partial charge on any atom is 0.150 e. The molecular formula is C12H19NOS. The monoisotopic (exact) mass is 225 g/mol. The van der Waals surface area contributed by atoms with Crippen LogP contribution in [0.5, 0.6) is 5.75 Å². The van der Waals surface area contributed by atoms with Gasteiger partial charge in [0.2, 0.25) is 0 Å². The number of rotatable bonds is 3. The number of aromatic nitrogens is 1. The Balaban J connectivity index is 2.22. The molecule has 0 bridgehead atoms. The summed E-state index contributed by atoms with van der Waals surface area (Å²) in [6, 6.07) is 2.78. The highest BCUT2D eigenvalue weighted by atomic mass is 32.2. The van der Waals surface area contributed by atoms with Crippen molar-refractivity contribution in [3.05, 3.63) is 12.3 Å². The molecule has 1 aliphatic carbocycles. The topological polar surface area (TPSA) is 14.2 Å². The van der Waals surface area contributed by atoms with E-state index < -0.39 is 0 Å². The Kier molecular flexibility index (Phi) is 3.62. The van der Waals surface area contributed by atoms with Crippen molar-refractivity contribution >= 4 is 11.8 Å². The van der Waals surface area contributed by atoms with Crippen molar-refractivity contribution in [1.29, 1.82) is 0 Å². The minimum absolute atomic E-state index is 0.699. The van der Waals surface area contributed by atoms with Crippen molar-refractivity contribution < 1.29 is 4.74 Å². The van der Waals surface area contributed by atoms with Gasteiger partial charge in [-0.25, -0.2) is 0 Å². The van der Waals surface area contributed by atoms with Gasteiger partial charge in [-0.05, 0) is 25.2 Å². The van der Waals surface area contributed by atoms with Crippen LogP contribution in [0.2, 0.25) is 0 Å². The number of hydrogen-bond donors (Lipinski definition) is 0. The summed E-state index contributed by atoms with van der Waals surface area (Å²) in [6.45, 7) is 0. The summed E-state index contributed by atoms with van der Waals surface area (Å²) in [7, 11) is 1.75. The molecule has 84 valence electrons. The van der Waals surface area contributed by atoms with Crippen LogP contribution in [0.25, 0.3) is 0 Å². The zero-order chi connectivity index (χ0) is 10.7. The third-order valence-corrected chi connectivity index (χ3v) is 4.01. The largest absolute Gasteiger partial charge is 0.494 e. The van der Waals surface area contributed by atoms with Crippen LogP contribution in [0, 0.1) is 0 Å². The summed E-state index contributed by atoms with van der Waals surface area (Å²) in [5, 5.41) is 1.28. The fourth-order valence-corrected chi connectivity index (χ4v) is 3.20. The van der Waals surface area contributed by atoms with E-state index in [-0.39, 0.29) is 0 Å². The van der Waals surface area contributed by atoms with E-state index in [1.54, 1.807) is 18.9 Å². The Bertz CT molecular complexity index is 315. The van der Waals surface area contributed by atoms with Crippen molar-refractivity contribution in [1.82, 2.24) is 4.57 Å². The first-order valence-electron chi connectivity index (χ1n) is 5.65. The van der Waals surface area contributed by atoms with Gasteiger partial charge >= 0.3 is 0 Å².